The van der Waals surface area contributed by atoms with Gasteiger partial charge in [0.1, 0.15) is 11.4 Å². The van der Waals surface area contributed by atoms with E-state index in [0.29, 0.717) is 18.1 Å². The molecule has 1 aromatic rings. The van der Waals surface area contributed by atoms with Crippen molar-refractivity contribution in [2.45, 2.75) is 63.6 Å². The highest BCUT2D eigenvalue weighted by Crippen LogP contribution is 2.56. The summed E-state index contributed by atoms with van der Waals surface area (Å²) in [5.74, 6) is 0.0914. The lowest BCUT2D eigenvalue weighted by Gasteiger charge is -2.38. The second-order valence-electron chi connectivity index (χ2n) is 7.43. The van der Waals surface area contributed by atoms with Crippen LogP contribution in [0.4, 0.5) is 4.39 Å². The number of hydrogen-bond acceptors (Lipinski definition) is 3. The van der Waals surface area contributed by atoms with E-state index in [0.717, 1.165) is 12.8 Å². The summed E-state index contributed by atoms with van der Waals surface area (Å²) in [5.41, 5.74) is -0.138. The minimum Gasteiger partial charge on any atom is -0.371 e. The Kier molecular flexibility index (Phi) is 4.82. The lowest BCUT2D eigenvalue weighted by Crippen LogP contribution is -2.48. The highest BCUT2D eigenvalue weighted by molar-refractivity contribution is 5.18. The molecule has 0 N–H and O–H groups in total. The Hall–Kier alpha value is -1.23. The molecule has 0 aromatic heterocycles. The monoisotopic (exact) mass is 334 g/mol. The third-order valence-corrected chi connectivity index (χ3v) is 5.53. The van der Waals surface area contributed by atoms with E-state index in [1.165, 1.54) is 6.07 Å². The van der Waals surface area contributed by atoms with Gasteiger partial charge in [-0.15, -0.1) is 6.58 Å². The quantitative estimate of drug-likeness (QED) is 0.697. The molecule has 2 fully saturated rings. The first-order valence-electron chi connectivity index (χ1n) is 8.69. The molecule has 0 aliphatic carbocycles. The number of fused-ring (bicyclic) bond motifs is 2. The van der Waals surface area contributed by atoms with E-state index in [1.54, 1.807) is 18.2 Å². The first kappa shape index (κ1) is 17.6. The van der Waals surface area contributed by atoms with E-state index in [1.807, 2.05) is 6.07 Å². The third-order valence-electron chi connectivity index (χ3n) is 5.53. The zero-order valence-electron chi connectivity index (χ0n) is 14.8. The Labute approximate surface area is 143 Å². The maximum absolute atomic E-state index is 13.8. The fraction of sp³-hybridized carbons (Fsp3) is 0.600. The SMILES string of the molecule is C=CCO[C@@H]1C[C@]2(C)O[C@@]1(C(C)C)C[C@H]2OCc1ccccc1F. The van der Waals surface area contributed by atoms with Gasteiger partial charge in [0.05, 0.1) is 31.0 Å². The van der Waals surface area contributed by atoms with Crippen LogP contribution in [0.1, 0.15) is 39.2 Å². The van der Waals surface area contributed by atoms with E-state index in [4.69, 9.17) is 14.2 Å². The molecule has 0 unspecified atom stereocenters. The van der Waals surface area contributed by atoms with Crippen molar-refractivity contribution in [2.75, 3.05) is 6.61 Å². The fourth-order valence-electron chi connectivity index (χ4n) is 4.11. The maximum Gasteiger partial charge on any atom is 0.128 e. The van der Waals surface area contributed by atoms with Gasteiger partial charge < -0.3 is 14.2 Å². The van der Waals surface area contributed by atoms with Crippen LogP contribution in [0.25, 0.3) is 0 Å². The molecule has 24 heavy (non-hydrogen) atoms. The zero-order chi connectivity index (χ0) is 17.4. The van der Waals surface area contributed by atoms with Crippen molar-refractivity contribution in [2.24, 2.45) is 5.92 Å². The van der Waals surface area contributed by atoms with Gasteiger partial charge in [0.2, 0.25) is 0 Å². The van der Waals surface area contributed by atoms with E-state index >= 15 is 0 Å². The van der Waals surface area contributed by atoms with Crippen molar-refractivity contribution in [3.63, 3.8) is 0 Å². The predicted octanol–water partition coefficient (Wildman–Crippen LogP) is 4.26. The highest BCUT2D eigenvalue weighted by Gasteiger charge is 2.66. The van der Waals surface area contributed by atoms with Gasteiger partial charge in [-0.2, -0.15) is 0 Å². The van der Waals surface area contributed by atoms with Crippen LogP contribution in [-0.2, 0) is 20.8 Å². The summed E-state index contributed by atoms with van der Waals surface area (Å²) in [4.78, 5) is 0. The van der Waals surface area contributed by atoms with Crippen molar-refractivity contribution in [3.05, 3.63) is 48.3 Å². The molecule has 2 aliphatic rings. The Balaban J connectivity index is 1.72. The molecular weight excluding hydrogens is 307 g/mol. The lowest BCUT2D eigenvalue weighted by atomic mass is 9.73. The maximum atomic E-state index is 13.8. The van der Waals surface area contributed by atoms with Gasteiger partial charge in [0.25, 0.3) is 0 Å². The summed E-state index contributed by atoms with van der Waals surface area (Å²) in [7, 11) is 0. The average molecular weight is 334 g/mol. The molecule has 1 aromatic carbocycles. The second-order valence-corrected chi connectivity index (χ2v) is 7.43. The first-order valence-corrected chi connectivity index (χ1v) is 8.69. The topological polar surface area (TPSA) is 27.7 Å². The van der Waals surface area contributed by atoms with Crippen LogP contribution in [0.15, 0.2) is 36.9 Å². The van der Waals surface area contributed by atoms with Crippen molar-refractivity contribution in [1.82, 2.24) is 0 Å². The Morgan fingerprint density at radius 2 is 2.04 bits per heavy atom. The molecule has 0 spiro atoms. The summed E-state index contributed by atoms with van der Waals surface area (Å²) in [5, 5.41) is 0. The van der Waals surface area contributed by atoms with Crippen molar-refractivity contribution >= 4 is 0 Å². The van der Waals surface area contributed by atoms with Crippen molar-refractivity contribution in [3.8, 4) is 0 Å². The molecule has 2 saturated heterocycles. The molecule has 2 heterocycles. The van der Waals surface area contributed by atoms with Gasteiger partial charge >= 0.3 is 0 Å². The smallest absolute Gasteiger partial charge is 0.128 e. The number of benzene rings is 1. The molecule has 4 atom stereocenters. The van der Waals surface area contributed by atoms with Crippen LogP contribution in [0.3, 0.4) is 0 Å². The van der Waals surface area contributed by atoms with E-state index < -0.39 is 0 Å². The normalized spacial score (nSPS) is 34.9. The summed E-state index contributed by atoms with van der Waals surface area (Å²) < 4.78 is 32.4. The Morgan fingerprint density at radius 1 is 1.29 bits per heavy atom. The summed E-state index contributed by atoms with van der Waals surface area (Å²) in [6.45, 7) is 10.9. The molecule has 132 valence electrons. The predicted molar refractivity (Wildman–Crippen MR) is 91.2 cm³/mol. The largest absolute Gasteiger partial charge is 0.371 e. The van der Waals surface area contributed by atoms with Gasteiger partial charge in [0.15, 0.2) is 0 Å². The van der Waals surface area contributed by atoms with Gasteiger partial charge in [-0.1, -0.05) is 38.1 Å². The third kappa shape index (κ3) is 2.92. The minimum absolute atomic E-state index is 0.0498. The van der Waals surface area contributed by atoms with Gasteiger partial charge in [0, 0.05) is 18.4 Å². The Morgan fingerprint density at radius 3 is 2.71 bits per heavy atom. The fourth-order valence-corrected chi connectivity index (χ4v) is 4.11. The van der Waals surface area contributed by atoms with E-state index in [2.05, 4.69) is 27.4 Å². The molecule has 0 radical (unpaired) electrons. The first-order chi connectivity index (χ1) is 11.4. The van der Waals surface area contributed by atoms with Crippen LogP contribution < -0.4 is 0 Å². The standard InChI is InChI=1S/C20H27FO3/c1-5-10-22-18-11-19(4)17(12-20(18,24-19)14(2)3)23-13-15-8-6-7-9-16(15)21/h5-9,14,17-18H,1,10-13H2,2-4H3/t17-,18-,19+,20-/m1/s1. The average Bonchev–Trinajstić information content (AvgIpc) is 3.01. The van der Waals surface area contributed by atoms with Crippen LogP contribution in [0.5, 0.6) is 0 Å². The number of halogens is 1. The van der Waals surface area contributed by atoms with Gasteiger partial charge in [-0.3, -0.25) is 0 Å². The number of ether oxygens (including phenoxy) is 3. The molecule has 3 rings (SSSR count). The minimum atomic E-state index is -0.388. The molecule has 0 amide bonds. The van der Waals surface area contributed by atoms with Gasteiger partial charge in [-0.05, 0) is 18.9 Å². The summed E-state index contributed by atoms with van der Waals surface area (Å²) in [6.07, 6.45) is 3.34. The molecule has 2 aliphatic heterocycles. The van der Waals surface area contributed by atoms with Crippen LogP contribution in [0, 0.1) is 11.7 Å². The van der Waals surface area contributed by atoms with Gasteiger partial charge in [-0.25, -0.2) is 4.39 Å². The lowest BCUT2D eigenvalue weighted by molar-refractivity contribution is -0.115. The molecule has 0 saturated carbocycles. The molecule has 4 heteroatoms. The molecule has 2 bridgehead atoms. The number of rotatable bonds is 7. The second kappa shape index (κ2) is 6.58. The summed E-state index contributed by atoms with van der Waals surface area (Å²) >= 11 is 0. The zero-order valence-corrected chi connectivity index (χ0v) is 14.8. The van der Waals surface area contributed by atoms with E-state index in [-0.39, 0.29) is 35.8 Å². The van der Waals surface area contributed by atoms with Crippen molar-refractivity contribution < 1.29 is 18.6 Å². The van der Waals surface area contributed by atoms with E-state index in [9.17, 15) is 4.39 Å². The Bertz CT molecular complexity index is 602. The van der Waals surface area contributed by atoms with Crippen LogP contribution in [-0.4, -0.2) is 30.0 Å². The van der Waals surface area contributed by atoms with Crippen LogP contribution >= 0.6 is 0 Å². The summed E-state index contributed by atoms with van der Waals surface area (Å²) in [6, 6.07) is 6.75. The molecule has 3 nitrogen and oxygen atoms in total. The van der Waals surface area contributed by atoms with Crippen LogP contribution in [0.2, 0.25) is 0 Å². The number of hydrogen-bond donors (Lipinski definition) is 0. The van der Waals surface area contributed by atoms with Crippen molar-refractivity contribution in [1.29, 1.82) is 0 Å². The molecular formula is C20H27FO3. The highest BCUT2D eigenvalue weighted by atomic mass is 19.1.